The molecule has 0 bridgehead atoms. The molecule has 0 spiro atoms. The van der Waals surface area contributed by atoms with Gasteiger partial charge in [-0.3, -0.25) is 4.79 Å². The van der Waals surface area contributed by atoms with Crippen LogP contribution in [0.1, 0.15) is 11.3 Å². The Balaban J connectivity index is 1.51. The maximum Gasteiger partial charge on any atom is 0.242 e. The summed E-state index contributed by atoms with van der Waals surface area (Å²) >= 11 is 1.46. The van der Waals surface area contributed by atoms with E-state index in [4.69, 9.17) is 9.47 Å². The Morgan fingerprint density at radius 2 is 1.88 bits per heavy atom. The van der Waals surface area contributed by atoms with Crippen LogP contribution in [0.4, 0.5) is 5.69 Å². The second-order valence-electron chi connectivity index (χ2n) is 7.76. The van der Waals surface area contributed by atoms with Gasteiger partial charge in [-0.15, -0.1) is 11.3 Å². The summed E-state index contributed by atoms with van der Waals surface area (Å²) < 4.78 is 36.6. The number of methoxy groups -OCH3 is 2. The van der Waals surface area contributed by atoms with Gasteiger partial charge in [-0.05, 0) is 48.4 Å². The SMILES string of the molecule is COc1ccc(-c2nc(CC(=O)N3CCc4cc(S(=O)(=O)N(C)C)ccc43)cs2)cc1OC. The van der Waals surface area contributed by atoms with Gasteiger partial charge in [0, 0.05) is 37.3 Å². The van der Waals surface area contributed by atoms with Crippen LogP contribution >= 0.6 is 11.3 Å². The fourth-order valence-electron chi connectivity index (χ4n) is 3.75. The number of carbonyl (C=O) groups excluding carboxylic acids is 1. The van der Waals surface area contributed by atoms with E-state index in [0.717, 1.165) is 21.8 Å². The molecule has 3 aromatic rings. The van der Waals surface area contributed by atoms with E-state index in [9.17, 15) is 13.2 Å². The highest BCUT2D eigenvalue weighted by Gasteiger charge is 2.27. The molecule has 174 valence electrons. The van der Waals surface area contributed by atoms with E-state index >= 15 is 0 Å². The van der Waals surface area contributed by atoms with E-state index in [1.807, 2.05) is 23.6 Å². The third-order valence-electron chi connectivity index (χ3n) is 5.54. The lowest BCUT2D eigenvalue weighted by Gasteiger charge is -2.18. The van der Waals surface area contributed by atoms with Crippen molar-refractivity contribution < 1.29 is 22.7 Å². The van der Waals surface area contributed by atoms with Crippen LogP contribution in [-0.4, -0.2) is 58.5 Å². The number of aromatic nitrogens is 1. The average molecular weight is 488 g/mol. The molecule has 8 nitrogen and oxygen atoms in total. The average Bonchev–Trinajstić information content (AvgIpc) is 3.45. The highest BCUT2D eigenvalue weighted by Crippen LogP contribution is 2.34. The Morgan fingerprint density at radius 3 is 2.58 bits per heavy atom. The number of hydrogen-bond donors (Lipinski definition) is 0. The lowest BCUT2D eigenvalue weighted by atomic mass is 10.2. The lowest BCUT2D eigenvalue weighted by Crippen LogP contribution is -2.30. The molecule has 0 atom stereocenters. The molecule has 0 N–H and O–H groups in total. The zero-order valence-electron chi connectivity index (χ0n) is 18.9. The number of sulfonamides is 1. The molecule has 4 rings (SSSR count). The largest absolute Gasteiger partial charge is 0.493 e. The van der Waals surface area contributed by atoms with Gasteiger partial charge < -0.3 is 14.4 Å². The predicted octanol–water partition coefficient (Wildman–Crippen LogP) is 3.21. The normalized spacial score (nSPS) is 13.3. The highest BCUT2D eigenvalue weighted by molar-refractivity contribution is 7.89. The maximum atomic E-state index is 13.0. The van der Waals surface area contributed by atoms with Crippen molar-refractivity contribution in [2.75, 3.05) is 39.8 Å². The molecule has 1 aliphatic heterocycles. The zero-order chi connectivity index (χ0) is 23.8. The molecule has 33 heavy (non-hydrogen) atoms. The van der Waals surface area contributed by atoms with Crippen LogP contribution in [-0.2, 0) is 27.7 Å². The van der Waals surface area contributed by atoms with E-state index in [2.05, 4.69) is 4.98 Å². The van der Waals surface area contributed by atoms with Crippen molar-refractivity contribution in [2.45, 2.75) is 17.7 Å². The number of hydrogen-bond acceptors (Lipinski definition) is 7. The van der Waals surface area contributed by atoms with Crippen molar-refractivity contribution >= 4 is 33.0 Å². The molecule has 2 heterocycles. The van der Waals surface area contributed by atoms with Gasteiger partial charge in [-0.25, -0.2) is 17.7 Å². The molecule has 10 heteroatoms. The Hall–Kier alpha value is -2.95. The van der Waals surface area contributed by atoms with E-state index in [1.165, 1.54) is 29.7 Å². The van der Waals surface area contributed by atoms with Crippen LogP contribution in [0, 0.1) is 0 Å². The Morgan fingerprint density at radius 1 is 1.12 bits per heavy atom. The molecule has 0 unspecified atom stereocenters. The van der Waals surface area contributed by atoms with Gasteiger partial charge in [0.05, 0.1) is 31.2 Å². The minimum Gasteiger partial charge on any atom is -0.493 e. The Labute approximate surface area is 197 Å². The maximum absolute atomic E-state index is 13.0. The summed E-state index contributed by atoms with van der Waals surface area (Å²) in [6, 6.07) is 10.5. The number of carbonyl (C=O) groups is 1. The number of amides is 1. The molecular weight excluding hydrogens is 462 g/mol. The summed E-state index contributed by atoms with van der Waals surface area (Å²) in [4.78, 5) is 19.6. The van der Waals surface area contributed by atoms with E-state index in [-0.39, 0.29) is 17.2 Å². The molecular formula is C23H25N3O5S2. The summed E-state index contributed by atoms with van der Waals surface area (Å²) in [6.45, 7) is 0.520. The Bertz CT molecular complexity index is 1300. The van der Waals surface area contributed by atoms with E-state index in [1.54, 1.807) is 37.3 Å². The van der Waals surface area contributed by atoms with Gasteiger partial charge in [0.2, 0.25) is 15.9 Å². The standard InChI is InChI=1S/C23H25N3O5S2/c1-25(2)33(28,29)18-6-7-19-15(11-18)9-10-26(19)22(27)13-17-14-32-23(24-17)16-5-8-20(30-3)21(12-16)31-4/h5-8,11-12,14H,9-10,13H2,1-4H3. The minimum atomic E-state index is -3.51. The van der Waals surface area contributed by atoms with Gasteiger partial charge in [-0.1, -0.05) is 0 Å². The van der Waals surface area contributed by atoms with Crippen LogP contribution in [0.2, 0.25) is 0 Å². The first kappa shape index (κ1) is 23.2. The van der Waals surface area contributed by atoms with Gasteiger partial charge in [0.25, 0.3) is 0 Å². The number of nitrogens with zero attached hydrogens (tertiary/aromatic N) is 3. The molecule has 1 amide bonds. The fourth-order valence-corrected chi connectivity index (χ4v) is 5.52. The third-order valence-corrected chi connectivity index (χ3v) is 8.29. The van der Waals surface area contributed by atoms with Crippen molar-refractivity contribution in [3.63, 3.8) is 0 Å². The third kappa shape index (κ3) is 4.46. The van der Waals surface area contributed by atoms with Gasteiger partial charge in [0.1, 0.15) is 5.01 Å². The number of thiazole rings is 1. The second-order valence-corrected chi connectivity index (χ2v) is 10.8. The summed E-state index contributed by atoms with van der Waals surface area (Å²) in [5.41, 5.74) is 3.19. The highest BCUT2D eigenvalue weighted by atomic mass is 32.2. The first-order valence-corrected chi connectivity index (χ1v) is 12.6. The smallest absolute Gasteiger partial charge is 0.242 e. The van der Waals surface area contributed by atoms with Crippen molar-refractivity contribution in [2.24, 2.45) is 0 Å². The van der Waals surface area contributed by atoms with Crippen LogP contribution in [0.5, 0.6) is 11.5 Å². The molecule has 0 saturated carbocycles. The van der Waals surface area contributed by atoms with Gasteiger partial charge >= 0.3 is 0 Å². The van der Waals surface area contributed by atoms with Crippen molar-refractivity contribution in [1.29, 1.82) is 0 Å². The summed E-state index contributed by atoms with van der Waals surface area (Å²) in [7, 11) is 2.66. The topological polar surface area (TPSA) is 89.0 Å². The Kier molecular flexibility index (Phi) is 6.42. The number of anilines is 1. The van der Waals surface area contributed by atoms with Crippen LogP contribution in [0.3, 0.4) is 0 Å². The van der Waals surface area contributed by atoms with Gasteiger partial charge in [-0.2, -0.15) is 0 Å². The molecule has 1 aromatic heterocycles. The first-order valence-electron chi connectivity index (χ1n) is 10.3. The first-order chi connectivity index (χ1) is 15.7. The van der Waals surface area contributed by atoms with Crippen LogP contribution in [0.15, 0.2) is 46.7 Å². The molecule has 0 aliphatic carbocycles. The molecule has 0 fully saturated rings. The second kappa shape index (κ2) is 9.12. The summed E-state index contributed by atoms with van der Waals surface area (Å²) in [5.74, 6) is 1.19. The fraction of sp³-hybridized carbons (Fsp3) is 0.304. The summed E-state index contributed by atoms with van der Waals surface area (Å²) in [5, 5.41) is 2.67. The quantitative estimate of drug-likeness (QED) is 0.509. The zero-order valence-corrected chi connectivity index (χ0v) is 20.5. The predicted molar refractivity (Wildman–Crippen MR) is 128 cm³/mol. The van der Waals surface area contributed by atoms with E-state index < -0.39 is 10.0 Å². The van der Waals surface area contributed by atoms with Gasteiger partial charge in [0.15, 0.2) is 11.5 Å². The van der Waals surface area contributed by atoms with E-state index in [0.29, 0.717) is 30.2 Å². The lowest BCUT2D eigenvalue weighted by molar-refractivity contribution is -0.117. The molecule has 1 aliphatic rings. The number of rotatable bonds is 7. The molecule has 0 saturated heterocycles. The molecule has 0 radical (unpaired) electrons. The number of fused-ring (bicyclic) bond motifs is 1. The molecule has 2 aromatic carbocycles. The van der Waals surface area contributed by atoms with Crippen molar-refractivity contribution in [1.82, 2.24) is 9.29 Å². The van der Waals surface area contributed by atoms with Crippen molar-refractivity contribution in [3.8, 4) is 22.1 Å². The monoisotopic (exact) mass is 487 g/mol. The van der Waals surface area contributed by atoms with Crippen LogP contribution in [0.25, 0.3) is 10.6 Å². The number of benzene rings is 2. The number of ether oxygens (including phenoxy) is 2. The van der Waals surface area contributed by atoms with Crippen molar-refractivity contribution in [3.05, 3.63) is 53.0 Å². The minimum absolute atomic E-state index is 0.0684. The van der Waals surface area contributed by atoms with Crippen LogP contribution < -0.4 is 14.4 Å². The summed E-state index contributed by atoms with van der Waals surface area (Å²) in [6.07, 6.45) is 0.785.